The molecule has 0 radical (unpaired) electrons. The van der Waals surface area contributed by atoms with Gasteiger partial charge in [-0.05, 0) is 33.8 Å². The van der Waals surface area contributed by atoms with E-state index in [9.17, 15) is 14.7 Å². The number of aryl methyl sites for hydroxylation is 1. The highest BCUT2D eigenvalue weighted by Crippen LogP contribution is 2.11. The highest BCUT2D eigenvalue weighted by molar-refractivity contribution is 6.08. The molecule has 0 amide bonds. The van der Waals surface area contributed by atoms with E-state index < -0.39 is 11.6 Å². The summed E-state index contributed by atoms with van der Waals surface area (Å²) in [5.41, 5.74) is 0.762. The second kappa shape index (κ2) is 8.52. The molecule has 2 rings (SSSR count). The van der Waals surface area contributed by atoms with Crippen LogP contribution >= 0.6 is 0 Å². The molecule has 27 heavy (non-hydrogen) atoms. The van der Waals surface area contributed by atoms with Crippen LogP contribution in [-0.4, -0.2) is 54.4 Å². The number of hydrogen-bond acceptors (Lipinski definition) is 7. The van der Waals surface area contributed by atoms with Crippen molar-refractivity contribution in [1.82, 2.24) is 19.5 Å². The van der Waals surface area contributed by atoms with Crippen LogP contribution in [0.1, 0.15) is 45.0 Å². The quantitative estimate of drug-likeness (QED) is 0.582. The zero-order valence-electron chi connectivity index (χ0n) is 15.8. The summed E-state index contributed by atoms with van der Waals surface area (Å²) >= 11 is 0. The number of nitrogens with zero attached hydrogens (tertiary/aromatic N) is 5. The first-order chi connectivity index (χ1) is 12.6. The van der Waals surface area contributed by atoms with Crippen molar-refractivity contribution in [3.63, 3.8) is 0 Å². The van der Waals surface area contributed by atoms with E-state index in [1.807, 2.05) is 0 Å². The topological polar surface area (TPSA) is 120 Å². The summed E-state index contributed by atoms with van der Waals surface area (Å²) in [7, 11) is 0. The smallest absolute Gasteiger partial charge is 0.309 e. The Morgan fingerprint density at radius 2 is 2.04 bits per heavy atom. The molecule has 0 aliphatic rings. The number of carbonyl (C=O) groups excluding carboxylic acids is 1. The molecule has 2 aromatic rings. The second-order valence-electron chi connectivity index (χ2n) is 6.90. The lowest BCUT2D eigenvalue weighted by Gasteiger charge is -2.19. The number of hydrogen-bond donors (Lipinski definition) is 1. The van der Waals surface area contributed by atoms with Crippen molar-refractivity contribution in [3.05, 3.63) is 36.2 Å². The number of esters is 1. The fourth-order valence-electron chi connectivity index (χ4n) is 2.24. The highest BCUT2D eigenvalue weighted by Gasteiger charge is 2.17. The monoisotopic (exact) mass is 373 g/mol. The Balaban J connectivity index is 2.23. The lowest BCUT2D eigenvalue weighted by molar-refractivity contribution is -0.154. The highest BCUT2D eigenvalue weighted by atomic mass is 16.6. The van der Waals surface area contributed by atoms with Gasteiger partial charge < -0.3 is 9.84 Å². The molecule has 0 atom stereocenters. The molecule has 0 unspecified atom stereocenters. The summed E-state index contributed by atoms with van der Waals surface area (Å²) in [5, 5.41) is 9.20. The minimum absolute atomic E-state index is 0.0544. The van der Waals surface area contributed by atoms with Crippen molar-refractivity contribution in [2.45, 2.75) is 46.1 Å². The maximum atomic E-state index is 11.8. The Morgan fingerprint density at radius 3 is 2.63 bits per heavy atom. The average molecular weight is 373 g/mol. The van der Waals surface area contributed by atoms with E-state index in [-0.39, 0.29) is 31.1 Å². The molecular weight excluding hydrogens is 350 g/mol. The van der Waals surface area contributed by atoms with Crippen molar-refractivity contribution in [2.75, 3.05) is 6.54 Å². The van der Waals surface area contributed by atoms with Crippen molar-refractivity contribution < 1.29 is 19.4 Å². The molecule has 0 spiro atoms. The van der Waals surface area contributed by atoms with Crippen LogP contribution in [0.2, 0.25) is 0 Å². The van der Waals surface area contributed by atoms with Gasteiger partial charge in [-0.3, -0.25) is 19.1 Å². The van der Waals surface area contributed by atoms with Crippen LogP contribution in [0.25, 0.3) is 5.95 Å². The molecule has 0 saturated heterocycles. The van der Waals surface area contributed by atoms with Gasteiger partial charge in [-0.2, -0.15) is 0 Å². The van der Waals surface area contributed by atoms with Crippen LogP contribution in [-0.2, 0) is 14.3 Å². The molecule has 0 fully saturated rings. The number of carboxylic acid groups (broad SMARTS) is 1. The number of imidazole rings is 1. The van der Waals surface area contributed by atoms with E-state index in [1.54, 1.807) is 57.0 Å². The average Bonchev–Trinajstić information content (AvgIpc) is 3.05. The Hall–Kier alpha value is -3.10. The van der Waals surface area contributed by atoms with Gasteiger partial charge in [0.25, 0.3) is 0 Å². The predicted molar refractivity (Wildman–Crippen MR) is 98.0 cm³/mol. The maximum absolute atomic E-state index is 11.8. The fraction of sp³-hybridized carbons (Fsp3) is 0.444. The van der Waals surface area contributed by atoms with Gasteiger partial charge in [0, 0.05) is 24.6 Å². The summed E-state index contributed by atoms with van der Waals surface area (Å²) in [6.45, 7) is 7.24. The van der Waals surface area contributed by atoms with Crippen molar-refractivity contribution >= 4 is 17.7 Å². The molecule has 2 aromatic heterocycles. The van der Waals surface area contributed by atoms with E-state index >= 15 is 0 Å². The van der Waals surface area contributed by atoms with Gasteiger partial charge in [0.2, 0.25) is 5.95 Å². The first kappa shape index (κ1) is 20.2. The number of aliphatic imine (C=N–C) groups is 1. The molecule has 144 valence electrons. The Morgan fingerprint density at radius 1 is 1.30 bits per heavy atom. The molecule has 0 saturated carbocycles. The SMILES string of the molecule is Cc1cc(C(CC(=O)O)=NCCC(=O)OC(C)(C)C)nc(-n2ccnc2)n1. The van der Waals surface area contributed by atoms with Crippen LogP contribution in [0, 0.1) is 6.92 Å². The van der Waals surface area contributed by atoms with E-state index in [1.165, 1.54) is 0 Å². The molecular formula is C18H23N5O4. The first-order valence-electron chi connectivity index (χ1n) is 8.45. The number of aromatic nitrogens is 4. The molecule has 0 aromatic carbocycles. The van der Waals surface area contributed by atoms with Gasteiger partial charge >= 0.3 is 11.9 Å². The van der Waals surface area contributed by atoms with Gasteiger partial charge in [0.05, 0.1) is 24.2 Å². The van der Waals surface area contributed by atoms with E-state index in [4.69, 9.17) is 4.74 Å². The van der Waals surface area contributed by atoms with Crippen LogP contribution in [0.5, 0.6) is 0 Å². The van der Waals surface area contributed by atoms with Crippen LogP contribution in [0.4, 0.5) is 0 Å². The van der Waals surface area contributed by atoms with Crippen LogP contribution < -0.4 is 0 Å². The van der Waals surface area contributed by atoms with Gasteiger partial charge in [0.15, 0.2) is 0 Å². The number of carboxylic acids is 1. The number of ether oxygens (including phenoxy) is 1. The molecule has 1 N–H and O–H groups in total. The lowest BCUT2D eigenvalue weighted by Crippen LogP contribution is -2.24. The van der Waals surface area contributed by atoms with Gasteiger partial charge in [-0.25, -0.2) is 15.0 Å². The zero-order chi connectivity index (χ0) is 20.0. The summed E-state index contributed by atoms with van der Waals surface area (Å²) in [5.74, 6) is -1.06. The number of rotatable bonds is 7. The van der Waals surface area contributed by atoms with Crippen molar-refractivity contribution in [3.8, 4) is 5.95 Å². The van der Waals surface area contributed by atoms with E-state index in [0.717, 1.165) is 0 Å². The zero-order valence-corrected chi connectivity index (χ0v) is 15.8. The largest absolute Gasteiger partial charge is 0.481 e. The number of carbonyl (C=O) groups is 2. The van der Waals surface area contributed by atoms with Crippen LogP contribution in [0.3, 0.4) is 0 Å². The molecule has 9 nitrogen and oxygen atoms in total. The van der Waals surface area contributed by atoms with Crippen LogP contribution in [0.15, 0.2) is 29.8 Å². The minimum Gasteiger partial charge on any atom is -0.481 e. The predicted octanol–water partition coefficient (Wildman–Crippen LogP) is 1.97. The Labute approximate surface area is 157 Å². The van der Waals surface area contributed by atoms with Gasteiger partial charge in [-0.1, -0.05) is 0 Å². The maximum Gasteiger partial charge on any atom is 0.309 e. The third kappa shape index (κ3) is 6.61. The summed E-state index contributed by atoms with van der Waals surface area (Å²) in [4.78, 5) is 40.0. The van der Waals surface area contributed by atoms with Crippen molar-refractivity contribution in [1.29, 1.82) is 0 Å². The molecule has 0 aliphatic carbocycles. The van der Waals surface area contributed by atoms with E-state index in [0.29, 0.717) is 17.3 Å². The standard InChI is InChI=1S/C18H23N5O4/c1-12-9-14(22-17(21-12)23-8-7-19-11-23)13(10-15(24)25)20-6-5-16(26)27-18(2,3)4/h7-9,11H,5-6,10H2,1-4H3,(H,24,25). The first-order valence-corrected chi connectivity index (χ1v) is 8.45. The molecule has 9 heteroatoms. The lowest BCUT2D eigenvalue weighted by atomic mass is 10.1. The van der Waals surface area contributed by atoms with Gasteiger partial charge in [0.1, 0.15) is 11.9 Å². The van der Waals surface area contributed by atoms with E-state index in [2.05, 4.69) is 19.9 Å². The Bertz CT molecular complexity index is 838. The fourth-order valence-corrected chi connectivity index (χ4v) is 2.24. The normalized spacial score (nSPS) is 12.1. The second-order valence-corrected chi connectivity index (χ2v) is 6.90. The number of aliphatic carboxylic acids is 1. The summed E-state index contributed by atoms with van der Waals surface area (Å²) < 4.78 is 6.85. The molecule has 0 bridgehead atoms. The molecule has 0 aliphatic heterocycles. The third-order valence-electron chi connectivity index (χ3n) is 3.23. The molecule has 2 heterocycles. The Kier molecular flexibility index (Phi) is 6.38. The summed E-state index contributed by atoms with van der Waals surface area (Å²) in [6, 6.07) is 1.66. The minimum atomic E-state index is -1.04. The van der Waals surface area contributed by atoms with Crippen molar-refractivity contribution in [2.24, 2.45) is 4.99 Å². The third-order valence-corrected chi connectivity index (χ3v) is 3.23. The summed E-state index contributed by atoms with van der Waals surface area (Å²) in [6.07, 6.45) is 4.58. The van der Waals surface area contributed by atoms with Gasteiger partial charge in [-0.15, -0.1) is 0 Å².